The molecule has 4 fully saturated rings. The Kier molecular flexibility index (Phi) is 4.99. The molecule has 2 spiro atoms. The minimum atomic E-state index is -0.742. The average molecular weight is 515 g/mol. The molecule has 2 aromatic rings. The van der Waals surface area contributed by atoms with Crippen LogP contribution in [0.4, 0.5) is 0 Å². The van der Waals surface area contributed by atoms with Crippen molar-refractivity contribution in [1.82, 2.24) is 9.88 Å². The summed E-state index contributed by atoms with van der Waals surface area (Å²) in [5.41, 5.74) is 3.57. The van der Waals surface area contributed by atoms with E-state index in [-0.39, 0.29) is 22.7 Å². The zero-order valence-electron chi connectivity index (χ0n) is 22.1. The highest BCUT2D eigenvalue weighted by Gasteiger charge is 2.67. The first-order valence-corrected chi connectivity index (χ1v) is 14.6. The molecule has 2 bridgehead atoms. The Balaban J connectivity index is 1.14. The van der Waals surface area contributed by atoms with E-state index in [0.717, 1.165) is 25.7 Å². The first kappa shape index (κ1) is 23.8. The number of hydrogen-bond acceptors (Lipinski definition) is 6. The molecular weight excluding hydrogens is 476 g/mol. The summed E-state index contributed by atoms with van der Waals surface area (Å²) in [5, 5.41) is 34.0. The van der Waals surface area contributed by atoms with Crippen LogP contribution in [0.25, 0.3) is 10.8 Å². The van der Waals surface area contributed by atoms with Crippen LogP contribution in [0.3, 0.4) is 0 Å². The van der Waals surface area contributed by atoms with Crippen molar-refractivity contribution in [2.75, 3.05) is 13.1 Å². The molecule has 0 radical (unpaired) electrons. The molecule has 38 heavy (non-hydrogen) atoms. The molecule has 1 aromatic carbocycles. The van der Waals surface area contributed by atoms with Gasteiger partial charge < -0.3 is 20.1 Å². The lowest BCUT2D eigenvalue weighted by atomic mass is 9.58. The van der Waals surface area contributed by atoms with Gasteiger partial charge in [-0.3, -0.25) is 9.88 Å². The predicted octanol–water partition coefficient (Wildman–Crippen LogP) is 3.85. The summed E-state index contributed by atoms with van der Waals surface area (Å²) in [6.07, 6.45) is 13.5. The first-order valence-electron chi connectivity index (χ1n) is 14.6. The molecule has 4 heterocycles. The minimum Gasteiger partial charge on any atom is -0.391 e. The number of pyridine rings is 1. The smallest absolute Gasteiger partial charge is 0.0974 e. The van der Waals surface area contributed by atoms with Crippen LogP contribution in [0.1, 0.15) is 63.4 Å². The van der Waals surface area contributed by atoms with Gasteiger partial charge in [-0.25, -0.2) is 0 Å². The zero-order chi connectivity index (χ0) is 25.9. The molecule has 200 valence electrons. The highest BCUT2D eigenvalue weighted by molar-refractivity contribution is 5.82. The summed E-state index contributed by atoms with van der Waals surface area (Å²) in [7, 11) is 0. The first-order chi connectivity index (χ1) is 18.3. The number of β-amino-alcohol motifs (C(OH)–C–C–N with tert-alkyl or cyclic N) is 2. The van der Waals surface area contributed by atoms with E-state index in [9.17, 15) is 15.3 Å². The largest absolute Gasteiger partial charge is 0.391 e. The standard InChI is InChI=1S/C32H38N2O4/c1-30-8-6-22-13-23-14-26(35)25(34-17-27(36)28(37)18-34)15-31(23)9-10-32(22,38-31)29(30)5-4-24(30)20-3-2-19-7-11-33-16-21(19)12-20/h2-3,6-7,11-13,16,24-29,35-37H,4-5,8-10,14-15,17-18H2,1H3/t24?,25-,26-,27-,28-,29+,30+,31+,32?/m0/s1. The van der Waals surface area contributed by atoms with Gasteiger partial charge in [-0.2, -0.15) is 0 Å². The fourth-order valence-corrected chi connectivity index (χ4v) is 9.67. The lowest BCUT2D eigenvalue weighted by molar-refractivity contribution is -0.150. The molecule has 8 rings (SSSR count). The van der Waals surface area contributed by atoms with Crippen LogP contribution >= 0.6 is 0 Å². The van der Waals surface area contributed by atoms with Crippen molar-refractivity contribution in [3.63, 3.8) is 0 Å². The summed E-state index contributed by atoms with van der Waals surface area (Å²) in [5.74, 6) is 0.950. The number of rotatable bonds is 2. The van der Waals surface area contributed by atoms with Gasteiger partial charge in [0.15, 0.2) is 0 Å². The summed E-state index contributed by atoms with van der Waals surface area (Å²) < 4.78 is 7.40. The lowest BCUT2D eigenvalue weighted by Gasteiger charge is -2.55. The number of allylic oxidation sites excluding steroid dienone is 1. The predicted molar refractivity (Wildman–Crippen MR) is 144 cm³/mol. The molecule has 2 saturated heterocycles. The Morgan fingerprint density at radius 3 is 2.68 bits per heavy atom. The third-order valence-electron chi connectivity index (χ3n) is 11.6. The number of aliphatic hydroxyl groups excluding tert-OH is 3. The van der Waals surface area contributed by atoms with Crippen LogP contribution in [0, 0.1) is 11.3 Å². The molecular formula is C32H38N2O4. The summed E-state index contributed by atoms with van der Waals surface area (Å²) in [6.45, 7) is 3.33. The summed E-state index contributed by atoms with van der Waals surface area (Å²) in [4.78, 5) is 6.46. The Labute approximate surface area is 224 Å². The fourth-order valence-electron chi connectivity index (χ4n) is 9.67. The quantitative estimate of drug-likeness (QED) is 0.565. The molecule has 3 aliphatic heterocycles. The highest BCUT2D eigenvalue weighted by atomic mass is 16.5. The van der Waals surface area contributed by atoms with E-state index in [0.29, 0.717) is 31.3 Å². The van der Waals surface area contributed by atoms with Crippen LogP contribution in [-0.4, -0.2) is 73.8 Å². The molecule has 6 nitrogen and oxygen atoms in total. The van der Waals surface area contributed by atoms with E-state index in [2.05, 4.69) is 53.2 Å². The molecule has 3 aliphatic carbocycles. The number of aromatic nitrogens is 1. The lowest BCUT2D eigenvalue weighted by Crippen LogP contribution is -2.58. The molecule has 0 amide bonds. The van der Waals surface area contributed by atoms with Gasteiger partial charge in [0.2, 0.25) is 0 Å². The molecule has 1 aromatic heterocycles. The molecule has 6 aliphatic rings. The molecule has 9 atom stereocenters. The Morgan fingerprint density at radius 2 is 1.84 bits per heavy atom. The van der Waals surface area contributed by atoms with Crippen LogP contribution in [0.5, 0.6) is 0 Å². The Hall–Kier alpha value is -2.09. The van der Waals surface area contributed by atoms with Gasteiger partial charge in [0.05, 0.1) is 29.5 Å². The number of aliphatic hydroxyl groups is 3. The number of ether oxygens (including phenoxy) is 1. The number of nitrogens with zero attached hydrogens (tertiary/aromatic N) is 2. The molecule has 2 unspecified atom stereocenters. The van der Waals surface area contributed by atoms with E-state index >= 15 is 0 Å². The van der Waals surface area contributed by atoms with Crippen molar-refractivity contribution in [3.05, 3.63) is 65.5 Å². The second-order valence-electron chi connectivity index (χ2n) is 13.3. The van der Waals surface area contributed by atoms with Gasteiger partial charge in [-0.15, -0.1) is 0 Å². The number of benzene rings is 1. The van der Waals surface area contributed by atoms with Crippen molar-refractivity contribution in [3.8, 4) is 0 Å². The summed E-state index contributed by atoms with van der Waals surface area (Å²) in [6, 6.07) is 8.93. The van der Waals surface area contributed by atoms with Crippen LogP contribution in [0.15, 0.2) is 60.0 Å². The van der Waals surface area contributed by atoms with Gasteiger partial charge in [0, 0.05) is 36.9 Å². The maximum absolute atomic E-state index is 11.2. The third kappa shape index (κ3) is 3.10. The number of hydrogen-bond donors (Lipinski definition) is 3. The van der Waals surface area contributed by atoms with Crippen LogP contribution in [0.2, 0.25) is 0 Å². The third-order valence-corrected chi connectivity index (χ3v) is 11.6. The van der Waals surface area contributed by atoms with Crippen molar-refractivity contribution in [2.24, 2.45) is 11.3 Å². The van der Waals surface area contributed by atoms with Gasteiger partial charge in [0.1, 0.15) is 0 Å². The minimum absolute atomic E-state index is 0.0999. The maximum atomic E-state index is 11.2. The van der Waals surface area contributed by atoms with Crippen LogP contribution < -0.4 is 0 Å². The van der Waals surface area contributed by atoms with Crippen molar-refractivity contribution in [2.45, 2.75) is 93.3 Å². The molecule has 3 N–H and O–H groups in total. The van der Waals surface area contributed by atoms with E-state index in [1.54, 1.807) is 0 Å². The zero-order valence-corrected chi connectivity index (χ0v) is 22.1. The second kappa shape index (κ2) is 7.98. The van der Waals surface area contributed by atoms with Crippen molar-refractivity contribution in [1.29, 1.82) is 0 Å². The number of fused-ring (bicyclic) bond motifs is 2. The summed E-state index contributed by atoms with van der Waals surface area (Å²) >= 11 is 0. The van der Waals surface area contributed by atoms with E-state index in [4.69, 9.17) is 4.74 Å². The van der Waals surface area contributed by atoms with E-state index in [1.165, 1.54) is 40.3 Å². The topological polar surface area (TPSA) is 86.1 Å². The highest BCUT2D eigenvalue weighted by Crippen LogP contribution is 2.69. The average Bonchev–Trinajstić information content (AvgIpc) is 3.55. The molecule has 6 heteroatoms. The van der Waals surface area contributed by atoms with Gasteiger partial charge >= 0.3 is 0 Å². The Morgan fingerprint density at radius 1 is 1.00 bits per heavy atom. The van der Waals surface area contributed by atoms with Gasteiger partial charge in [-0.1, -0.05) is 31.2 Å². The van der Waals surface area contributed by atoms with E-state index < -0.39 is 18.3 Å². The van der Waals surface area contributed by atoms with Crippen molar-refractivity contribution >= 4 is 10.8 Å². The molecule has 2 saturated carbocycles. The van der Waals surface area contributed by atoms with Gasteiger partial charge in [-0.05, 0) is 96.4 Å². The van der Waals surface area contributed by atoms with Gasteiger partial charge in [0.25, 0.3) is 0 Å². The van der Waals surface area contributed by atoms with E-state index in [1.807, 2.05) is 12.4 Å². The number of likely N-dealkylation sites (tertiary alicyclic amines) is 1. The normalized spacial score (nSPS) is 45.9. The second-order valence-corrected chi connectivity index (χ2v) is 13.3. The van der Waals surface area contributed by atoms with Crippen molar-refractivity contribution < 1.29 is 20.1 Å². The Bertz CT molecular complexity index is 1360. The maximum Gasteiger partial charge on any atom is 0.0974 e. The van der Waals surface area contributed by atoms with Crippen LogP contribution in [-0.2, 0) is 4.74 Å². The SMILES string of the molecule is C[C@]12CC=C3C=C4C[C@H](O)[C@@H](N5C[C@H](O)[C@@H](O)C5)C[C@]45CCC3(O5)[C@@H]1CCC2c1ccc2ccncc2c1. The fraction of sp³-hybridized carbons (Fsp3) is 0.594. The monoisotopic (exact) mass is 514 g/mol.